The highest BCUT2D eigenvalue weighted by Crippen LogP contribution is 2.39. The molecule has 0 N–H and O–H groups in total. The molecule has 1 aromatic rings. The van der Waals surface area contributed by atoms with Crippen molar-refractivity contribution in [3.05, 3.63) is 35.9 Å². The highest BCUT2D eigenvalue weighted by atomic mass is 16.7. The molecule has 0 unspecified atom stereocenters. The molecule has 0 radical (unpaired) electrons. The monoisotopic (exact) mass is 385 g/mol. The maximum Gasteiger partial charge on any atom is 0.223 e. The Labute approximate surface area is 169 Å². The lowest BCUT2D eigenvalue weighted by atomic mass is 9.79. The van der Waals surface area contributed by atoms with Crippen molar-refractivity contribution >= 4 is 5.91 Å². The van der Waals surface area contributed by atoms with Crippen LogP contribution in [-0.2, 0) is 16.1 Å². The van der Waals surface area contributed by atoms with Gasteiger partial charge in [-0.05, 0) is 57.2 Å². The number of hydrogen-bond acceptors (Lipinski definition) is 4. The quantitative estimate of drug-likeness (QED) is 0.723. The van der Waals surface area contributed by atoms with Crippen LogP contribution in [0.1, 0.15) is 44.1 Å². The summed E-state index contributed by atoms with van der Waals surface area (Å²) in [4.78, 5) is 23.0. The first-order valence-corrected chi connectivity index (χ1v) is 11.1. The molecule has 3 aliphatic rings. The number of rotatable bonds is 7. The Hall–Kier alpha value is -1.43. The highest BCUT2D eigenvalue weighted by molar-refractivity contribution is 5.76. The lowest BCUT2D eigenvalue weighted by Gasteiger charge is -2.40. The van der Waals surface area contributed by atoms with E-state index in [4.69, 9.17) is 4.84 Å². The summed E-state index contributed by atoms with van der Waals surface area (Å²) in [7, 11) is 0. The minimum absolute atomic E-state index is 0.313. The number of likely N-dealkylation sites (tertiary alicyclic amines) is 2. The van der Waals surface area contributed by atoms with Crippen LogP contribution in [0.2, 0.25) is 0 Å². The molecule has 3 fully saturated rings. The van der Waals surface area contributed by atoms with Crippen LogP contribution >= 0.6 is 0 Å². The lowest BCUT2D eigenvalue weighted by molar-refractivity contribution is -0.138. The SMILES string of the molecule is O=C(CCN1CCCO1)N1CC[C@@]2(CCCN(CCCc3ccccc3)C2)C1. The van der Waals surface area contributed by atoms with Gasteiger partial charge in [-0.3, -0.25) is 9.63 Å². The van der Waals surface area contributed by atoms with Gasteiger partial charge in [0, 0.05) is 44.6 Å². The third-order valence-corrected chi connectivity index (χ3v) is 6.71. The van der Waals surface area contributed by atoms with Crippen LogP contribution in [0.4, 0.5) is 0 Å². The van der Waals surface area contributed by atoms with Crippen molar-refractivity contribution in [1.29, 1.82) is 0 Å². The number of hydroxylamine groups is 2. The number of hydrogen-bond donors (Lipinski definition) is 0. The zero-order valence-corrected chi connectivity index (χ0v) is 17.2. The molecular formula is C23H35N3O2. The number of piperidine rings is 1. The summed E-state index contributed by atoms with van der Waals surface area (Å²) in [6.45, 7) is 7.98. The fraction of sp³-hybridized carbons (Fsp3) is 0.696. The normalized spacial score (nSPS) is 26.4. The molecule has 3 saturated heterocycles. The molecule has 1 amide bonds. The number of aryl methyl sites for hydroxylation is 1. The first-order valence-electron chi connectivity index (χ1n) is 11.1. The van der Waals surface area contributed by atoms with Crippen LogP contribution in [0.15, 0.2) is 30.3 Å². The van der Waals surface area contributed by atoms with E-state index in [9.17, 15) is 4.79 Å². The van der Waals surface area contributed by atoms with Crippen molar-refractivity contribution in [2.45, 2.75) is 44.9 Å². The molecule has 0 aromatic heterocycles. The Morgan fingerprint density at radius 3 is 2.71 bits per heavy atom. The molecule has 154 valence electrons. The Bertz CT molecular complexity index is 632. The van der Waals surface area contributed by atoms with Crippen LogP contribution in [0.25, 0.3) is 0 Å². The summed E-state index contributed by atoms with van der Waals surface area (Å²) < 4.78 is 0. The van der Waals surface area contributed by atoms with Crippen molar-refractivity contribution in [2.75, 3.05) is 52.4 Å². The molecule has 3 aliphatic heterocycles. The molecular weight excluding hydrogens is 350 g/mol. The van der Waals surface area contributed by atoms with Gasteiger partial charge < -0.3 is 9.80 Å². The minimum atomic E-state index is 0.313. The second kappa shape index (κ2) is 9.38. The number of carbonyl (C=O) groups excluding carboxylic acids is 1. The fourth-order valence-electron chi connectivity index (χ4n) is 5.19. The summed E-state index contributed by atoms with van der Waals surface area (Å²) >= 11 is 0. The van der Waals surface area contributed by atoms with Crippen molar-refractivity contribution < 1.29 is 9.63 Å². The van der Waals surface area contributed by atoms with Gasteiger partial charge >= 0.3 is 0 Å². The zero-order chi connectivity index (χ0) is 19.2. The maximum absolute atomic E-state index is 12.7. The van der Waals surface area contributed by atoms with Gasteiger partial charge in [-0.1, -0.05) is 30.3 Å². The lowest BCUT2D eigenvalue weighted by Crippen LogP contribution is -2.45. The fourth-order valence-corrected chi connectivity index (χ4v) is 5.19. The van der Waals surface area contributed by atoms with Crippen LogP contribution in [0, 0.1) is 5.41 Å². The zero-order valence-electron chi connectivity index (χ0n) is 17.2. The second-order valence-electron chi connectivity index (χ2n) is 8.90. The molecule has 5 heteroatoms. The minimum Gasteiger partial charge on any atom is -0.342 e. The van der Waals surface area contributed by atoms with Crippen LogP contribution in [0.3, 0.4) is 0 Å². The van der Waals surface area contributed by atoms with Crippen molar-refractivity contribution in [2.24, 2.45) is 5.41 Å². The molecule has 3 heterocycles. The summed E-state index contributed by atoms with van der Waals surface area (Å²) in [5.74, 6) is 0.313. The van der Waals surface area contributed by atoms with E-state index in [0.717, 1.165) is 45.6 Å². The van der Waals surface area contributed by atoms with E-state index in [0.29, 0.717) is 17.7 Å². The third kappa shape index (κ3) is 5.13. The topological polar surface area (TPSA) is 36.0 Å². The summed E-state index contributed by atoms with van der Waals surface area (Å²) in [6, 6.07) is 10.8. The van der Waals surface area contributed by atoms with Crippen molar-refractivity contribution in [1.82, 2.24) is 14.9 Å². The highest BCUT2D eigenvalue weighted by Gasteiger charge is 2.42. The molecule has 1 atom stereocenters. The molecule has 1 aromatic carbocycles. The largest absolute Gasteiger partial charge is 0.342 e. The van der Waals surface area contributed by atoms with Gasteiger partial charge in [-0.2, -0.15) is 5.06 Å². The molecule has 0 bridgehead atoms. The maximum atomic E-state index is 12.7. The van der Waals surface area contributed by atoms with Crippen molar-refractivity contribution in [3.8, 4) is 0 Å². The average Bonchev–Trinajstić information content (AvgIpc) is 3.38. The Morgan fingerprint density at radius 1 is 1.00 bits per heavy atom. The van der Waals surface area contributed by atoms with Gasteiger partial charge in [0.2, 0.25) is 5.91 Å². The summed E-state index contributed by atoms with van der Waals surface area (Å²) in [5, 5.41) is 1.96. The first kappa shape index (κ1) is 19.9. The van der Waals surface area contributed by atoms with E-state index in [1.807, 2.05) is 5.06 Å². The Morgan fingerprint density at radius 2 is 1.89 bits per heavy atom. The second-order valence-corrected chi connectivity index (χ2v) is 8.90. The van der Waals surface area contributed by atoms with Crippen LogP contribution in [0.5, 0.6) is 0 Å². The van der Waals surface area contributed by atoms with E-state index >= 15 is 0 Å². The van der Waals surface area contributed by atoms with E-state index in [2.05, 4.69) is 40.1 Å². The molecule has 5 nitrogen and oxygen atoms in total. The van der Waals surface area contributed by atoms with Gasteiger partial charge in [-0.15, -0.1) is 0 Å². The molecule has 0 saturated carbocycles. The van der Waals surface area contributed by atoms with Gasteiger partial charge in [-0.25, -0.2) is 0 Å². The Balaban J connectivity index is 1.21. The number of carbonyl (C=O) groups is 1. The molecule has 1 spiro atoms. The Kier molecular flexibility index (Phi) is 6.65. The standard InChI is InChI=1S/C23H35N3O2/c27-22(10-16-26-15-6-18-28-26)25-17-12-23(20-25)11-5-14-24(19-23)13-4-9-21-7-2-1-3-8-21/h1-3,7-8H,4-6,9-20H2/t23-/m1/s1. The predicted molar refractivity (Wildman–Crippen MR) is 111 cm³/mol. The first-order chi connectivity index (χ1) is 13.7. The van der Waals surface area contributed by atoms with Gasteiger partial charge in [0.1, 0.15) is 0 Å². The van der Waals surface area contributed by atoms with Crippen LogP contribution in [-0.4, -0.2) is 73.2 Å². The van der Waals surface area contributed by atoms with E-state index in [1.165, 1.54) is 50.9 Å². The number of benzene rings is 1. The average molecular weight is 386 g/mol. The molecule has 28 heavy (non-hydrogen) atoms. The van der Waals surface area contributed by atoms with Crippen molar-refractivity contribution in [3.63, 3.8) is 0 Å². The predicted octanol–water partition coefficient (Wildman–Crippen LogP) is 2.96. The molecule has 0 aliphatic carbocycles. The number of amides is 1. The number of nitrogens with zero attached hydrogens (tertiary/aromatic N) is 3. The third-order valence-electron chi connectivity index (χ3n) is 6.71. The van der Waals surface area contributed by atoms with Gasteiger partial charge in [0.05, 0.1) is 6.61 Å². The summed E-state index contributed by atoms with van der Waals surface area (Å²) in [5.41, 5.74) is 1.78. The van der Waals surface area contributed by atoms with E-state index in [1.54, 1.807) is 0 Å². The van der Waals surface area contributed by atoms with Gasteiger partial charge in [0.15, 0.2) is 0 Å². The van der Waals surface area contributed by atoms with Gasteiger partial charge in [0.25, 0.3) is 0 Å². The smallest absolute Gasteiger partial charge is 0.223 e. The van der Waals surface area contributed by atoms with E-state index < -0.39 is 0 Å². The van der Waals surface area contributed by atoms with E-state index in [-0.39, 0.29) is 0 Å². The summed E-state index contributed by atoms with van der Waals surface area (Å²) in [6.07, 6.45) is 7.79. The van der Waals surface area contributed by atoms with Crippen LogP contribution < -0.4 is 0 Å². The molecule has 4 rings (SSSR count).